The van der Waals surface area contributed by atoms with Gasteiger partial charge in [-0.1, -0.05) is 34.1 Å². The van der Waals surface area contributed by atoms with Crippen LogP contribution in [-0.2, 0) is 4.74 Å². The highest BCUT2D eigenvalue weighted by Gasteiger charge is 2.37. The molecule has 1 atom stereocenters. The van der Waals surface area contributed by atoms with Gasteiger partial charge in [0.05, 0.1) is 11.7 Å². The molecule has 1 saturated carbocycles. The van der Waals surface area contributed by atoms with E-state index in [2.05, 4.69) is 39.9 Å². The summed E-state index contributed by atoms with van der Waals surface area (Å²) in [5.74, 6) is 1.73. The second-order valence-electron chi connectivity index (χ2n) is 7.16. The second-order valence-corrected chi connectivity index (χ2v) is 7.16. The van der Waals surface area contributed by atoms with Crippen LogP contribution in [0.1, 0.15) is 79.6 Å². The van der Waals surface area contributed by atoms with E-state index in [-0.39, 0.29) is 5.60 Å². The first kappa shape index (κ1) is 18.0. The molecule has 1 rings (SSSR count). The van der Waals surface area contributed by atoms with Gasteiger partial charge in [0.1, 0.15) is 0 Å². The van der Waals surface area contributed by atoms with Gasteiger partial charge in [0, 0.05) is 6.54 Å². The Labute approximate surface area is 127 Å². The molecule has 2 nitrogen and oxygen atoms in total. The van der Waals surface area contributed by atoms with Gasteiger partial charge in [0.25, 0.3) is 0 Å². The first-order valence-electron chi connectivity index (χ1n) is 8.91. The van der Waals surface area contributed by atoms with E-state index < -0.39 is 0 Å². The maximum atomic E-state index is 6.53. The van der Waals surface area contributed by atoms with E-state index in [1.807, 2.05) is 0 Å². The number of nitrogens with one attached hydrogen (secondary N) is 1. The molecule has 1 N–H and O–H groups in total. The molecule has 0 heterocycles. The zero-order chi connectivity index (χ0) is 15.0. The van der Waals surface area contributed by atoms with E-state index in [0.29, 0.717) is 6.10 Å². The van der Waals surface area contributed by atoms with Crippen molar-refractivity contribution in [3.05, 3.63) is 0 Å². The van der Waals surface area contributed by atoms with Gasteiger partial charge in [-0.2, -0.15) is 0 Å². The molecule has 0 aliphatic heterocycles. The van der Waals surface area contributed by atoms with Crippen LogP contribution in [0.5, 0.6) is 0 Å². The standard InChI is InChI=1S/C18H37NO/c1-6-8-16(5)20-18(14-19-13-7-2)11-9-17(10-12-18)15(3)4/h15-17,19H,6-14H2,1-5H3. The molecule has 1 aliphatic rings. The molecule has 0 radical (unpaired) electrons. The van der Waals surface area contributed by atoms with Crippen LogP contribution in [0.2, 0.25) is 0 Å². The summed E-state index contributed by atoms with van der Waals surface area (Å²) in [6.07, 6.45) is 9.15. The summed E-state index contributed by atoms with van der Waals surface area (Å²) in [5, 5.41) is 3.61. The molecule has 0 aromatic heterocycles. The molecule has 0 amide bonds. The van der Waals surface area contributed by atoms with Crippen molar-refractivity contribution >= 4 is 0 Å². The van der Waals surface area contributed by atoms with Crippen molar-refractivity contribution in [1.29, 1.82) is 0 Å². The Morgan fingerprint density at radius 2 is 1.75 bits per heavy atom. The van der Waals surface area contributed by atoms with Gasteiger partial charge in [0.2, 0.25) is 0 Å². The highest BCUT2D eigenvalue weighted by molar-refractivity contribution is 4.90. The summed E-state index contributed by atoms with van der Waals surface area (Å²) in [6, 6.07) is 0. The third kappa shape index (κ3) is 5.73. The first-order chi connectivity index (χ1) is 9.53. The van der Waals surface area contributed by atoms with Gasteiger partial charge in [-0.25, -0.2) is 0 Å². The molecular formula is C18H37NO. The van der Waals surface area contributed by atoms with Gasteiger partial charge >= 0.3 is 0 Å². The minimum Gasteiger partial charge on any atom is -0.371 e. The van der Waals surface area contributed by atoms with Gasteiger partial charge in [0.15, 0.2) is 0 Å². The van der Waals surface area contributed by atoms with Crippen LogP contribution in [0.15, 0.2) is 0 Å². The number of ether oxygens (including phenoxy) is 1. The highest BCUT2D eigenvalue weighted by atomic mass is 16.5. The topological polar surface area (TPSA) is 21.3 Å². The number of hydrogen-bond donors (Lipinski definition) is 1. The lowest BCUT2D eigenvalue weighted by Gasteiger charge is -2.43. The third-order valence-electron chi connectivity index (χ3n) is 4.90. The lowest BCUT2D eigenvalue weighted by Crippen LogP contribution is -2.48. The second kappa shape index (κ2) is 9.04. The lowest BCUT2D eigenvalue weighted by atomic mass is 9.74. The Bertz CT molecular complexity index is 244. The average molecular weight is 284 g/mol. The van der Waals surface area contributed by atoms with Crippen molar-refractivity contribution in [3.63, 3.8) is 0 Å². The van der Waals surface area contributed by atoms with Crippen LogP contribution in [0.4, 0.5) is 0 Å². The van der Waals surface area contributed by atoms with E-state index >= 15 is 0 Å². The van der Waals surface area contributed by atoms with E-state index in [4.69, 9.17) is 4.74 Å². The number of hydrogen-bond acceptors (Lipinski definition) is 2. The summed E-state index contributed by atoms with van der Waals surface area (Å²) in [4.78, 5) is 0. The molecule has 0 spiro atoms. The molecule has 0 bridgehead atoms. The van der Waals surface area contributed by atoms with Crippen molar-refractivity contribution in [2.75, 3.05) is 13.1 Å². The lowest BCUT2D eigenvalue weighted by molar-refractivity contribution is -0.116. The summed E-state index contributed by atoms with van der Waals surface area (Å²) in [5.41, 5.74) is 0.106. The van der Waals surface area contributed by atoms with E-state index in [1.54, 1.807) is 0 Å². The van der Waals surface area contributed by atoms with E-state index in [9.17, 15) is 0 Å². The smallest absolute Gasteiger partial charge is 0.0810 e. The quantitative estimate of drug-likeness (QED) is 0.615. The molecule has 1 aliphatic carbocycles. The fourth-order valence-corrected chi connectivity index (χ4v) is 3.55. The average Bonchev–Trinajstić information content (AvgIpc) is 2.39. The number of rotatable bonds is 9. The van der Waals surface area contributed by atoms with Crippen LogP contribution in [0.3, 0.4) is 0 Å². The van der Waals surface area contributed by atoms with Crippen molar-refractivity contribution in [3.8, 4) is 0 Å². The monoisotopic (exact) mass is 283 g/mol. The molecule has 2 heteroatoms. The van der Waals surface area contributed by atoms with Crippen LogP contribution in [0.25, 0.3) is 0 Å². The van der Waals surface area contributed by atoms with E-state index in [0.717, 1.165) is 24.9 Å². The first-order valence-corrected chi connectivity index (χ1v) is 8.91. The maximum Gasteiger partial charge on any atom is 0.0810 e. The minimum atomic E-state index is 0.106. The van der Waals surface area contributed by atoms with Crippen molar-refractivity contribution in [2.45, 2.75) is 91.3 Å². The third-order valence-corrected chi connectivity index (χ3v) is 4.90. The Balaban J connectivity index is 2.56. The molecule has 120 valence electrons. The highest BCUT2D eigenvalue weighted by Crippen LogP contribution is 2.38. The van der Waals surface area contributed by atoms with Crippen LogP contribution < -0.4 is 5.32 Å². The predicted octanol–water partition coefficient (Wildman–Crippen LogP) is 4.78. The zero-order valence-electron chi connectivity index (χ0n) is 14.5. The summed E-state index contributed by atoms with van der Waals surface area (Å²) < 4.78 is 6.53. The minimum absolute atomic E-state index is 0.106. The normalized spacial score (nSPS) is 28.8. The fraction of sp³-hybridized carbons (Fsp3) is 1.00. The Kier molecular flexibility index (Phi) is 8.13. The molecule has 20 heavy (non-hydrogen) atoms. The van der Waals surface area contributed by atoms with Crippen LogP contribution in [-0.4, -0.2) is 24.8 Å². The SMILES string of the molecule is CCCNCC1(OC(C)CCC)CCC(C(C)C)CC1. The predicted molar refractivity (Wildman–Crippen MR) is 88.1 cm³/mol. The van der Waals surface area contributed by atoms with Crippen LogP contribution in [0, 0.1) is 11.8 Å². The summed E-state index contributed by atoms with van der Waals surface area (Å²) >= 11 is 0. The van der Waals surface area contributed by atoms with Crippen LogP contribution >= 0.6 is 0 Å². The summed E-state index contributed by atoms with van der Waals surface area (Å²) in [6.45, 7) is 13.6. The molecular weight excluding hydrogens is 246 g/mol. The largest absolute Gasteiger partial charge is 0.371 e. The van der Waals surface area contributed by atoms with Crippen molar-refractivity contribution in [1.82, 2.24) is 5.32 Å². The maximum absolute atomic E-state index is 6.53. The van der Waals surface area contributed by atoms with Gasteiger partial charge < -0.3 is 10.1 Å². The molecule has 1 fully saturated rings. The van der Waals surface area contributed by atoms with Gasteiger partial charge in [-0.15, -0.1) is 0 Å². The molecule has 0 aromatic carbocycles. The van der Waals surface area contributed by atoms with Crippen molar-refractivity contribution < 1.29 is 4.74 Å². The summed E-state index contributed by atoms with van der Waals surface area (Å²) in [7, 11) is 0. The molecule has 0 aromatic rings. The van der Waals surface area contributed by atoms with Gasteiger partial charge in [-0.05, 0) is 63.8 Å². The molecule has 1 unspecified atom stereocenters. The zero-order valence-corrected chi connectivity index (χ0v) is 14.5. The Morgan fingerprint density at radius 3 is 2.25 bits per heavy atom. The molecule has 0 saturated heterocycles. The van der Waals surface area contributed by atoms with Crippen molar-refractivity contribution in [2.24, 2.45) is 11.8 Å². The van der Waals surface area contributed by atoms with E-state index in [1.165, 1.54) is 44.9 Å². The Hall–Kier alpha value is -0.0800. The Morgan fingerprint density at radius 1 is 1.10 bits per heavy atom. The fourth-order valence-electron chi connectivity index (χ4n) is 3.55. The van der Waals surface area contributed by atoms with Gasteiger partial charge in [-0.3, -0.25) is 0 Å².